The van der Waals surface area contributed by atoms with E-state index in [0.29, 0.717) is 21.6 Å². The Balaban J connectivity index is 1.42. The molecule has 6 nitrogen and oxygen atoms in total. The second-order valence-electron chi connectivity index (χ2n) is 9.35. The van der Waals surface area contributed by atoms with Gasteiger partial charge in [-0.2, -0.15) is 0 Å². The first-order valence-electron chi connectivity index (χ1n) is 11.5. The average molecular weight is 431 g/mol. The number of amides is 1. The van der Waals surface area contributed by atoms with Gasteiger partial charge in [-0.1, -0.05) is 20.3 Å². The standard InChI is InChI=1S/C23H34N4O2S/c1-15-12-16(2)14-26(13-15)10-7-9-24-21(28)20-17(3)19-22(30-20)25-18-8-5-4-6-11-27(18)23(19)29/h15-16H,4-14H2,1-3H3,(H,24,28). The lowest BCUT2D eigenvalue weighted by atomic mass is 9.92. The van der Waals surface area contributed by atoms with Crippen molar-refractivity contribution in [2.45, 2.75) is 65.8 Å². The molecule has 1 amide bonds. The summed E-state index contributed by atoms with van der Waals surface area (Å²) in [5, 5.41) is 3.70. The molecule has 1 saturated heterocycles. The fourth-order valence-corrected chi connectivity index (χ4v) is 6.29. The topological polar surface area (TPSA) is 67.2 Å². The maximum absolute atomic E-state index is 13.1. The molecule has 2 unspecified atom stereocenters. The molecule has 0 radical (unpaired) electrons. The van der Waals surface area contributed by atoms with Crippen molar-refractivity contribution in [2.24, 2.45) is 11.8 Å². The van der Waals surface area contributed by atoms with Gasteiger partial charge >= 0.3 is 0 Å². The van der Waals surface area contributed by atoms with Crippen molar-refractivity contribution < 1.29 is 4.79 Å². The Labute approximate surface area is 182 Å². The number of rotatable bonds is 5. The quantitative estimate of drug-likeness (QED) is 0.736. The van der Waals surface area contributed by atoms with Crippen LogP contribution in [-0.4, -0.2) is 46.5 Å². The van der Waals surface area contributed by atoms with Crippen LogP contribution >= 0.6 is 11.3 Å². The smallest absolute Gasteiger partial charge is 0.262 e. The van der Waals surface area contributed by atoms with Crippen LogP contribution in [0.2, 0.25) is 0 Å². The van der Waals surface area contributed by atoms with Crippen molar-refractivity contribution in [3.63, 3.8) is 0 Å². The summed E-state index contributed by atoms with van der Waals surface area (Å²) in [6.07, 6.45) is 6.34. The SMILES string of the molecule is Cc1c(C(=O)NCCCN2CC(C)CC(C)C2)sc2nc3n(c(=O)c12)CCCCC3. The van der Waals surface area contributed by atoms with E-state index in [4.69, 9.17) is 4.98 Å². The summed E-state index contributed by atoms with van der Waals surface area (Å²) >= 11 is 1.37. The van der Waals surface area contributed by atoms with E-state index in [0.717, 1.165) is 81.5 Å². The van der Waals surface area contributed by atoms with Crippen molar-refractivity contribution in [1.29, 1.82) is 0 Å². The molecule has 0 aromatic carbocycles. The molecule has 7 heteroatoms. The van der Waals surface area contributed by atoms with Gasteiger partial charge in [-0.05, 0) is 56.6 Å². The molecule has 4 heterocycles. The Morgan fingerprint density at radius 1 is 1.20 bits per heavy atom. The summed E-state index contributed by atoms with van der Waals surface area (Å²) in [4.78, 5) is 34.5. The zero-order valence-corrected chi connectivity index (χ0v) is 19.3. The summed E-state index contributed by atoms with van der Waals surface area (Å²) in [7, 11) is 0. The average Bonchev–Trinajstić information content (AvgIpc) is 2.86. The Kier molecular flexibility index (Phi) is 6.58. The van der Waals surface area contributed by atoms with E-state index in [-0.39, 0.29) is 11.5 Å². The normalized spacial score (nSPS) is 22.6. The molecule has 0 spiro atoms. The molecule has 2 aromatic rings. The summed E-state index contributed by atoms with van der Waals surface area (Å²) in [6, 6.07) is 0. The number of aromatic nitrogens is 2. The van der Waals surface area contributed by atoms with Crippen LogP contribution in [0.1, 0.15) is 67.0 Å². The number of carbonyl (C=O) groups is 1. The number of aryl methyl sites for hydroxylation is 2. The summed E-state index contributed by atoms with van der Waals surface area (Å²) in [5.41, 5.74) is 0.807. The van der Waals surface area contributed by atoms with Gasteiger partial charge in [0.25, 0.3) is 11.5 Å². The maximum atomic E-state index is 13.1. The van der Waals surface area contributed by atoms with Crippen molar-refractivity contribution in [2.75, 3.05) is 26.2 Å². The second-order valence-corrected chi connectivity index (χ2v) is 10.3. The molecule has 2 atom stereocenters. The molecule has 164 valence electrons. The van der Waals surface area contributed by atoms with Crippen LogP contribution < -0.4 is 10.9 Å². The van der Waals surface area contributed by atoms with Crippen molar-refractivity contribution in [1.82, 2.24) is 19.8 Å². The molecule has 0 bridgehead atoms. The molecule has 0 saturated carbocycles. The van der Waals surface area contributed by atoms with E-state index in [2.05, 4.69) is 24.1 Å². The third-order valence-electron chi connectivity index (χ3n) is 6.50. The van der Waals surface area contributed by atoms with Gasteiger partial charge in [-0.3, -0.25) is 14.2 Å². The highest BCUT2D eigenvalue weighted by Crippen LogP contribution is 2.28. The number of carbonyl (C=O) groups excluding carboxylic acids is 1. The minimum Gasteiger partial charge on any atom is -0.351 e. The van der Waals surface area contributed by atoms with Gasteiger partial charge in [0, 0.05) is 32.6 Å². The molecule has 2 aromatic heterocycles. The van der Waals surface area contributed by atoms with Crippen LogP contribution in [0.25, 0.3) is 10.2 Å². The molecular weight excluding hydrogens is 396 g/mol. The van der Waals surface area contributed by atoms with Crippen LogP contribution in [0.4, 0.5) is 0 Å². The monoisotopic (exact) mass is 430 g/mol. The molecule has 0 aliphatic carbocycles. The molecule has 2 aliphatic rings. The van der Waals surface area contributed by atoms with E-state index in [1.807, 2.05) is 11.5 Å². The van der Waals surface area contributed by atoms with Crippen LogP contribution in [0, 0.1) is 18.8 Å². The number of nitrogens with zero attached hydrogens (tertiary/aromatic N) is 3. The lowest BCUT2D eigenvalue weighted by Gasteiger charge is -2.34. The van der Waals surface area contributed by atoms with Crippen molar-refractivity contribution in [3.05, 3.63) is 26.6 Å². The number of piperidine rings is 1. The van der Waals surface area contributed by atoms with E-state index in [9.17, 15) is 9.59 Å². The number of fused-ring (bicyclic) bond motifs is 2. The largest absolute Gasteiger partial charge is 0.351 e. The first-order chi connectivity index (χ1) is 14.4. The first kappa shape index (κ1) is 21.5. The lowest BCUT2D eigenvalue weighted by Crippen LogP contribution is -2.40. The van der Waals surface area contributed by atoms with Gasteiger partial charge in [0.05, 0.1) is 10.3 Å². The van der Waals surface area contributed by atoms with Crippen LogP contribution in [-0.2, 0) is 13.0 Å². The van der Waals surface area contributed by atoms with E-state index in [1.54, 1.807) is 0 Å². The Morgan fingerprint density at radius 3 is 2.73 bits per heavy atom. The van der Waals surface area contributed by atoms with Crippen molar-refractivity contribution >= 4 is 27.5 Å². The van der Waals surface area contributed by atoms with Gasteiger partial charge < -0.3 is 10.2 Å². The first-order valence-corrected chi connectivity index (χ1v) is 12.3. The molecule has 1 fully saturated rings. The lowest BCUT2D eigenvalue weighted by molar-refractivity contribution is 0.0951. The predicted molar refractivity (Wildman–Crippen MR) is 123 cm³/mol. The zero-order valence-electron chi connectivity index (χ0n) is 18.5. The number of hydrogen-bond donors (Lipinski definition) is 1. The second kappa shape index (κ2) is 9.18. The molecular formula is C23H34N4O2S. The predicted octanol–water partition coefficient (Wildman–Crippen LogP) is 3.59. The highest BCUT2D eigenvalue weighted by atomic mass is 32.1. The molecule has 2 aliphatic heterocycles. The number of hydrogen-bond acceptors (Lipinski definition) is 5. The molecule has 30 heavy (non-hydrogen) atoms. The molecule has 1 N–H and O–H groups in total. The fourth-order valence-electron chi connectivity index (χ4n) is 5.19. The summed E-state index contributed by atoms with van der Waals surface area (Å²) in [5.74, 6) is 2.32. The van der Waals surface area contributed by atoms with Gasteiger partial charge in [-0.15, -0.1) is 11.3 Å². The van der Waals surface area contributed by atoms with Gasteiger partial charge in [0.1, 0.15) is 10.7 Å². The Hall–Kier alpha value is -1.73. The molecule has 4 rings (SSSR count). The van der Waals surface area contributed by atoms with Gasteiger partial charge in [0.2, 0.25) is 0 Å². The summed E-state index contributed by atoms with van der Waals surface area (Å²) in [6.45, 7) is 11.3. The van der Waals surface area contributed by atoms with E-state index >= 15 is 0 Å². The van der Waals surface area contributed by atoms with Crippen molar-refractivity contribution in [3.8, 4) is 0 Å². The minimum absolute atomic E-state index is 0.0260. The third kappa shape index (κ3) is 4.47. The Bertz CT molecular complexity index is 970. The third-order valence-corrected chi connectivity index (χ3v) is 7.68. The van der Waals surface area contributed by atoms with Gasteiger partial charge in [-0.25, -0.2) is 4.98 Å². The van der Waals surface area contributed by atoms with E-state index < -0.39 is 0 Å². The van der Waals surface area contributed by atoms with Gasteiger partial charge in [0.15, 0.2) is 0 Å². The maximum Gasteiger partial charge on any atom is 0.262 e. The Morgan fingerprint density at radius 2 is 1.97 bits per heavy atom. The van der Waals surface area contributed by atoms with E-state index in [1.165, 1.54) is 17.8 Å². The minimum atomic E-state index is -0.0736. The number of nitrogens with one attached hydrogen (secondary N) is 1. The highest BCUT2D eigenvalue weighted by Gasteiger charge is 2.23. The number of thiophene rings is 1. The summed E-state index contributed by atoms with van der Waals surface area (Å²) < 4.78 is 1.83. The van der Waals surface area contributed by atoms with Crippen LogP contribution in [0.3, 0.4) is 0 Å². The fraction of sp³-hybridized carbons (Fsp3) is 0.696. The van der Waals surface area contributed by atoms with Crippen LogP contribution in [0.15, 0.2) is 4.79 Å². The van der Waals surface area contributed by atoms with Crippen LogP contribution in [0.5, 0.6) is 0 Å². The number of likely N-dealkylation sites (tertiary alicyclic amines) is 1. The zero-order chi connectivity index (χ0) is 21.3. The highest BCUT2D eigenvalue weighted by molar-refractivity contribution is 7.20.